The van der Waals surface area contributed by atoms with Crippen molar-refractivity contribution in [3.63, 3.8) is 0 Å². The minimum atomic E-state index is 0.0563. The number of hydrogen-bond donors (Lipinski definition) is 0. The van der Waals surface area contributed by atoms with E-state index in [0.29, 0.717) is 0 Å². The van der Waals surface area contributed by atoms with E-state index in [9.17, 15) is 0 Å². The van der Waals surface area contributed by atoms with Crippen molar-refractivity contribution in [2.24, 2.45) is 7.05 Å². The molecule has 0 atom stereocenters. The summed E-state index contributed by atoms with van der Waals surface area (Å²) < 4.78 is 2.23. The number of aryl methyl sites for hydroxylation is 1. The van der Waals surface area contributed by atoms with Crippen LogP contribution in [-0.4, -0.2) is 4.57 Å². The molecular formula is C20H19N. The Morgan fingerprint density at radius 3 is 2.43 bits per heavy atom. The van der Waals surface area contributed by atoms with Crippen LogP contribution < -0.4 is 0 Å². The molecule has 21 heavy (non-hydrogen) atoms. The highest BCUT2D eigenvalue weighted by atomic mass is 14.9. The maximum Gasteiger partial charge on any atom is 0.0484 e. The van der Waals surface area contributed by atoms with E-state index in [0.717, 1.165) is 0 Å². The van der Waals surface area contributed by atoms with Crippen molar-refractivity contribution >= 4 is 22.6 Å². The van der Waals surface area contributed by atoms with E-state index >= 15 is 0 Å². The molecule has 2 aromatic carbocycles. The SMILES string of the molecule is Cn1cc(C2=Cc3ccccc3C2(C)C)c2ccccc21. The number of para-hydroxylation sites is 1. The van der Waals surface area contributed by atoms with Crippen LogP contribution in [0, 0.1) is 0 Å². The lowest BCUT2D eigenvalue weighted by atomic mass is 9.78. The first-order valence-corrected chi connectivity index (χ1v) is 7.45. The average molecular weight is 273 g/mol. The molecule has 1 aliphatic carbocycles. The molecule has 0 fully saturated rings. The van der Waals surface area contributed by atoms with Crippen LogP contribution in [0.25, 0.3) is 22.6 Å². The molecule has 1 nitrogen and oxygen atoms in total. The lowest BCUT2D eigenvalue weighted by Gasteiger charge is -2.24. The van der Waals surface area contributed by atoms with Gasteiger partial charge in [0, 0.05) is 35.1 Å². The molecule has 0 radical (unpaired) electrons. The number of rotatable bonds is 1. The third-order valence-corrected chi connectivity index (χ3v) is 4.79. The quantitative estimate of drug-likeness (QED) is 0.587. The first-order chi connectivity index (χ1) is 10.1. The molecule has 0 spiro atoms. The summed E-state index contributed by atoms with van der Waals surface area (Å²) in [6, 6.07) is 17.4. The number of benzene rings is 2. The smallest absolute Gasteiger partial charge is 0.0484 e. The van der Waals surface area contributed by atoms with Crippen LogP contribution in [0.5, 0.6) is 0 Å². The fourth-order valence-electron chi connectivity index (χ4n) is 3.64. The molecule has 1 aliphatic rings. The van der Waals surface area contributed by atoms with Gasteiger partial charge in [-0.05, 0) is 28.8 Å². The van der Waals surface area contributed by atoms with Gasteiger partial charge in [-0.25, -0.2) is 0 Å². The summed E-state index contributed by atoms with van der Waals surface area (Å²) in [7, 11) is 2.13. The van der Waals surface area contributed by atoms with Crippen molar-refractivity contribution in [2.45, 2.75) is 19.3 Å². The highest BCUT2D eigenvalue weighted by Crippen LogP contribution is 2.47. The lowest BCUT2D eigenvalue weighted by Crippen LogP contribution is -2.16. The van der Waals surface area contributed by atoms with Gasteiger partial charge in [-0.15, -0.1) is 0 Å². The second-order valence-corrected chi connectivity index (χ2v) is 6.44. The highest BCUT2D eigenvalue weighted by Gasteiger charge is 2.34. The monoisotopic (exact) mass is 273 g/mol. The summed E-state index contributed by atoms with van der Waals surface area (Å²) in [5.41, 5.74) is 6.90. The van der Waals surface area contributed by atoms with Crippen molar-refractivity contribution < 1.29 is 0 Å². The predicted molar refractivity (Wildman–Crippen MR) is 90.3 cm³/mol. The summed E-state index contributed by atoms with van der Waals surface area (Å²) in [5, 5.41) is 1.34. The molecule has 104 valence electrons. The van der Waals surface area contributed by atoms with E-state index in [4.69, 9.17) is 0 Å². The van der Waals surface area contributed by atoms with Crippen LogP contribution in [0.1, 0.15) is 30.5 Å². The minimum Gasteiger partial charge on any atom is -0.350 e. The van der Waals surface area contributed by atoms with E-state index in [1.54, 1.807) is 0 Å². The number of nitrogens with zero attached hydrogens (tertiary/aromatic N) is 1. The first kappa shape index (κ1) is 12.5. The first-order valence-electron chi connectivity index (χ1n) is 7.45. The Kier molecular flexibility index (Phi) is 2.44. The van der Waals surface area contributed by atoms with Gasteiger partial charge in [0.1, 0.15) is 0 Å². The zero-order chi connectivity index (χ0) is 14.6. The second-order valence-electron chi connectivity index (χ2n) is 6.44. The molecule has 0 N–H and O–H groups in total. The molecule has 1 aromatic heterocycles. The van der Waals surface area contributed by atoms with Crippen molar-refractivity contribution in [1.29, 1.82) is 0 Å². The van der Waals surface area contributed by atoms with Crippen LogP contribution in [0.15, 0.2) is 54.7 Å². The number of aromatic nitrogens is 1. The van der Waals surface area contributed by atoms with Gasteiger partial charge in [0.05, 0.1) is 0 Å². The number of hydrogen-bond acceptors (Lipinski definition) is 0. The summed E-state index contributed by atoms with van der Waals surface area (Å²) in [6.45, 7) is 4.65. The third-order valence-electron chi connectivity index (χ3n) is 4.79. The Bertz CT molecular complexity index is 878. The highest BCUT2D eigenvalue weighted by molar-refractivity contribution is 6.02. The third kappa shape index (κ3) is 1.64. The van der Waals surface area contributed by atoms with Crippen LogP contribution in [0.4, 0.5) is 0 Å². The van der Waals surface area contributed by atoms with Crippen molar-refractivity contribution in [1.82, 2.24) is 4.57 Å². The van der Waals surface area contributed by atoms with Gasteiger partial charge in [0.25, 0.3) is 0 Å². The predicted octanol–water partition coefficient (Wildman–Crippen LogP) is 5.01. The summed E-state index contributed by atoms with van der Waals surface area (Å²) >= 11 is 0. The Morgan fingerprint density at radius 1 is 0.905 bits per heavy atom. The Morgan fingerprint density at radius 2 is 1.62 bits per heavy atom. The van der Waals surface area contributed by atoms with Gasteiger partial charge in [-0.3, -0.25) is 0 Å². The number of fused-ring (bicyclic) bond motifs is 2. The molecule has 0 aliphatic heterocycles. The molecule has 0 bridgehead atoms. The molecule has 0 saturated carbocycles. The molecule has 0 amide bonds. The summed E-state index contributed by atoms with van der Waals surface area (Å²) in [4.78, 5) is 0. The fourth-order valence-corrected chi connectivity index (χ4v) is 3.64. The van der Waals surface area contributed by atoms with E-state index in [1.165, 1.54) is 33.2 Å². The molecule has 1 heterocycles. The maximum atomic E-state index is 2.36. The van der Waals surface area contributed by atoms with E-state index in [1.807, 2.05) is 0 Å². The molecule has 4 rings (SSSR count). The number of allylic oxidation sites excluding steroid dienone is 1. The van der Waals surface area contributed by atoms with Crippen molar-refractivity contribution in [3.8, 4) is 0 Å². The maximum absolute atomic E-state index is 2.36. The molecule has 0 saturated heterocycles. The molecule has 1 heteroatoms. The Hall–Kier alpha value is -2.28. The normalized spacial score (nSPS) is 16.0. The summed E-state index contributed by atoms with van der Waals surface area (Å²) in [6.07, 6.45) is 4.63. The van der Waals surface area contributed by atoms with Gasteiger partial charge in [0.2, 0.25) is 0 Å². The van der Waals surface area contributed by atoms with Crippen molar-refractivity contribution in [3.05, 3.63) is 71.4 Å². The Labute approximate surface area is 125 Å². The lowest BCUT2D eigenvalue weighted by molar-refractivity contribution is 0.704. The van der Waals surface area contributed by atoms with Crippen molar-refractivity contribution in [2.75, 3.05) is 0 Å². The standard InChI is InChI=1S/C20H19N/c1-20(2)17-10-6-4-8-14(17)12-18(20)16-13-21(3)19-11-7-5-9-15(16)19/h4-13H,1-3H3. The second kappa shape index (κ2) is 4.11. The van der Waals surface area contributed by atoms with Gasteiger partial charge in [-0.2, -0.15) is 0 Å². The molecular weight excluding hydrogens is 254 g/mol. The van der Waals surface area contributed by atoms with Crippen LogP contribution in [0.2, 0.25) is 0 Å². The summed E-state index contributed by atoms with van der Waals surface area (Å²) in [5.74, 6) is 0. The van der Waals surface area contributed by atoms with Crippen LogP contribution in [-0.2, 0) is 12.5 Å². The largest absolute Gasteiger partial charge is 0.350 e. The van der Waals surface area contributed by atoms with Gasteiger partial charge in [-0.1, -0.05) is 56.3 Å². The van der Waals surface area contributed by atoms with Gasteiger partial charge >= 0.3 is 0 Å². The molecule has 0 unspecified atom stereocenters. The molecule has 3 aromatic rings. The fraction of sp³-hybridized carbons (Fsp3) is 0.200. The minimum absolute atomic E-state index is 0.0563. The van der Waals surface area contributed by atoms with E-state index in [-0.39, 0.29) is 5.41 Å². The van der Waals surface area contributed by atoms with E-state index < -0.39 is 0 Å². The average Bonchev–Trinajstić information content (AvgIpc) is 2.95. The van der Waals surface area contributed by atoms with Crippen LogP contribution in [0.3, 0.4) is 0 Å². The topological polar surface area (TPSA) is 4.93 Å². The zero-order valence-corrected chi connectivity index (χ0v) is 12.7. The Balaban J connectivity index is 1.99. The zero-order valence-electron chi connectivity index (χ0n) is 12.7. The van der Waals surface area contributed by atoms with Crippen LogP contribution >= 0.6 is 0 Å². The van der Waals surface area contributed by atoms with E-state index in [2.05, 4.69) is 86.3 Å². The van der Waals surface area contributed by atoms with Gasteiger partial charge in [0.15, 0.2) is 0 Å². The van der Waals surface area contributed by atoms with Gasteiger partial charge < -0.3 is 4.57 Å².